The van der Waals surface area contributed by atoms with E-state index in [1.807, 2.05) is 30.3 Å². The minimum atomic E-state index is -1.09. The molecular weight excluding hydrogens is 448 g/mol. The average Bonchev–Trinajstić information content (AvgIpc) is 3.64. The zero-order valence-electron chi connectivity index (χ0n) is 18.7. The van der Waals surface area contributed by atoms with Gasteiger partial charge in [0.15, 0.2) is 0 Å². The van der Waals surface area contributed by atoms with Crippen LogP contribution in [0.5, 0.6) is 0 Å². The third-order valence-corrected chi connectivity index (χ3v) is 7.00. The number of rotatable bonds is 4. The van der Waals surface area contributed by atoms with Crippen LogP contribution in [-0.2, 0) is 28.0 Å². The number of amides is 5. The third kappa shape index (κ3) is 3.30. The van der Waals surface area contributed by atoms with Gasteiger partial charge < -0.3 is 20.0 Å². The summed E-state index contributed by atoms with van der Waals surface area (Å²) in [6.07, 6.45) is 4.70. The Morgan fingerprint density at radius 2 is 1.91 bits per heavy atom. The number of fused-ring (bicyclic) bond motifs is 3. The highest BCUT2D eigenvalue weighted by Crippen LogP contribution is 2.41. The maximum absolute atomic E-state index is 13.3. The normalized spacial score (nSPS) is 20.2. The molecule has 0 radical (unpaired) electrons. The highest BCUT2D eigenvalue weighted by atomic mass is 16.3. The van der Waals surface area contributed by atoms with Crippen LogP contribution in [0.1, 0.15) is 33.5 Å². The molecule has 2 N–H and O–H groups in total. The minimum Gasteiger partial charge on any atom is -0.472 e. The number of nitrogens with zero attached hydrogens (tertiary/aromatic N) is 2. The zero-order valence-corrected chi connectivity index (χ0v) is 18.7. The fraction of sp³-hybridized carbons (Fsp3) is 0.231. The quantitative estimate of drug-likeness (QED) is 0.570. The molecule has 2 aliphatic heterocycles. The van der Waals surface area contributed by atoms with Crippen LogP contribution in [-0.4, -0.2) is 41.7 Å². The maximum Gasteiger partial charge on any atom is 0.325 e. The number of carbonyl (C=O) groups is 4. The number of aryl methyl sites for hydroxylation is 1. The Balaban J connectivity index is 1.15. The van der Waals surface area contributed by atoms with Crippen LogP contribution in [0.2, 0.25) is 0 Å². The summed E-state index contributed by atoms with van der Waals surface area (Å²) in [6, 6.07) is 13.9. The number of imide groups is 1. The Morgan fingerprint density at radius 1 is 1.06 bits per heavy atom. The van der Waals surface area contributed by atoms with Gasteiger partial charge in [-0.2, -0.15) is 0 Å². The van der Waals surface area contributed by atoms with Crippen molar-refractivity contribution < 1.29 is 23.6 Å². The van der Waals surface area contributed by atoms with E-state index in [1.54, 1.807) is 23.1 Å². The van der Waals surface area contributed by atoms with Gasteiger partial charge in [0.2, 0.25) is 5.91 Å². The second-order valence-electron chi connectivity index (χ2n) is 8.99. The van der Waals surface area contributed by atoms with E-state index in [-0.39, 0.29) is 12.5 Å². The fourth-order valence-electron chi connectivity index (χ4n) is 5.31. The molecule has 3 aromatic rings. The van der Waals surface area contributed by atoms with E-state index in [1.165, 1.54) is 12.5 Å². The van der Waals surface area contributed by atoms with E-state index in [2.05, 4.69) is 10.6 Å². The molecule has 176 valence electrons. The monoisotopic (exact) mass is 470 g/mol. The van der Waals surface area contributed by atoms with Crippen molar-refractivity contribution >= 4 is 35.1 Å². The van der Waals surface area contributed by atoms with Crippen LogP contribution >= 0.6 is 0 Å². The van der Waals surface area contributed by atoms with Crippen molar-refractivity contribution in [2.45, 2.75) is 24.8 Å². The summed E-state index contributed by atoms with van der Waals surface area (Å²) in [6.45, 7) is 0.152. The van der Waals surface area contributed by atoms with Crippen LogP contribution in [0, 0.1) is 0 Å². The molecule has 35 heavy (non-hydrogen) atoms. The van der Waals surface area contributed by atoms with Gasteiger partial charge in [-0.15, -0.1) is 0 Å². The van der Waals surface area contributed by atoms with Gasteiger partial charge in [0.1, 0.15) is 18.3 Å². The first kappa shape index (κ1) is 21.2. The van der Waals surface area contributed by atoms with Crippen LogP contribution in [0.15, 0.2) is 65.5 Å². The van der Waals surface area contributed by atoms with Crippen molar-refractivity contribution in [3.05, 3.63) is 83.3 Å². The average molecular weight is 470 g/mol. The highest BCUT2D eigenvalue weighted by Gasteiger charge is 2.55. The van der Waals surface area contributed by atoms with Crippen LogP contribution in [0.4, 0.5) is 16.2 Å². The summed E-state index contributed by atoms with van der Waals surface area (Å²) in [7, 11) is 0. The van der Waals surface area contributed by atoms with Crippen LogP contribution in [0.3, 0.4) is 0 Å². The lowest BCUT2D eigenvalue weighted by Crippen LogP contribution is -2.43. The molecule has 1 atom stereocenters. The predicted molar refractivity (Wildman–Crippen MR) is 126 cm³/mol. The lowest BCUT2D eigenvalue weighted by Gasteiger charge is -2.22. The van der Waals surface area contributed by atoms with Gasteiger partial charge in [-0.3, -0.25) is 19.3 Å². The summed E-state index contributed by atoms with van der Waals surface area (Å²) >= 11 is 0. The Labute approximate surface area is 200 Å². The number of urea groups is 1. The van der Waals surface area contributed by atoms with Gasteiger partial charge in [0.05, 0.1) is 11.8 Å². The SMILES string of the molecule is O=C(CN1C(=O)NC2(CCc3ccccc32)C1=O)Nc1ccc2c(c1)CCN2C(=O)c1ccoc1. The van der Waals surface area contributed by atoms with Gasteiger partial charge in [-0.05, 0) is 60.2 Å². The van der Waals surface area contributed by atoms with E-state index in [4.69, 9.17) is 4.42 Å². The summed E-state index contributed by atoms with van der Waals surface area (Å²) in [5.41, 5.74) is 3.47. The lowest BCUT2D eigenvalue weighted by atomic mass is 9.92. The van der Waals surface area contributed by atoms with E-state index in [0.29, 0.717) is 37.1 Å². The van der Waals surface area contributed by atoms with Crippen LogP contribution < -0.4 is 15.5 Å². The van der Waals surface area contributed by atoms with Crippen LogP contribution in [0.25, 0.3) is 0 Å². The summed E-state index contributed by atoms with van der Waals surface area (Å²) in [5, 5.41) is 5.61. The largest absolute Gasteiger partial charge is 0.472 e. The molecule has 2 aromatic carbocycles. The van der Waals surface area contributed by atoms with Crippen molar-refractivity contribution in [1.82, 2.24) is 10.2 Å². The second-order valence-corrected chi connectivity index (χ2v) is 8.99. The van der Waals surface area contributed by atoms with Gasteiger partial charge in [-0.1, -0.05) is 24.3 Å². The molecule has 1 aromatic heterocycles. The second kappa shape index (κ2) is 7.83. The van der Waals surface area contributed by atoms with Crippen molar-refractivity contribution in [2.24, 2.45) is 0 Å². The molecule has 0 bridgehead atoms. The minimum absolute atomic E-state index is 0.143. The number of nitrogens with one attached hydrogen (secondary N) is 2. The molecule has 5 amide bonds. The van der Waals surface area contributed by atoms with Gasteiger partial charge >= 0.3 is 6.03 Å². The topological polar surface area (TPSA) is 112 Å². The smallest absolute Gasteiger partial charge is 0.325 e. The van der Waals surface area contributed by atoms with E-state index >= 15 is 0 Å². The molecule has 1 fully saturated rings. The standard InChI is InChI=1S/C26H22N4O5/c31-22(14-30-24(33)26(28-25(30)34)10-7-16-3-1-2-4-20(16)26)27-19-5-6-21-17(13-19)8-11-29(21)23(32)18-9-12-35-15-18/h1-6,9,12-13,15H,7-8,10-11,14H2,(H,27,31)(H,28,34). The molecular formula is C26H22N4O5. The van der Waals surface area contributed by atoms with Crippen molar-refractivity contribution in [3.8, 4) is 0 Å². The molecule has 1 spiro atoms. The summed E-state index contributed by atoms with van der Waals surface area (Å²) in [4.78, 5) is 54.1. The van der Waals surface area contributed by atoms with E-state index < -0.39 is 23.4 Å². The number of carbonyl (C=O) groups excluding carboxylic acids is 4. The van der Waals surface area contributed by atoms with Crippen molar-refractivity contribution in [1.29, 1.82) is 0 Å². The number of benzene rings is 2. The molecule has 9 heteroatoms. The Kier molecular flexibility index (Phi) is 4.73. The Bertz CT molecular complexity index is 1380. The molecule has 3 heterocycles. The molecule has 6 rings (SSSR count). The number of anilines is 2. The first-order chi connectivity index (χ1) is 17.0. The molecule has 1 unspecified atom stereocenters. The highest BCUT2D eigenvalue weighted by molar-refractivity contribution is 6.11. The van der Waals surface area contributed by atoms with Gasteiger partial charge in [0, 0.05) is 17.9 Å². The van der Waals surface area contributed by atoms with Gasteiger partial charge in [0.25, 0.3) is 11.8 Å². The lowest BCUT2D eigenvalue weighted by molar-refractivity contribution is -0.134. The summed E-state index contributed by atoms with van der Waals surface area (Å²) < 4.78 is 5.01. The van der Waals surface area contributed by atoms with E-state index in [9.17, 15) is 19.2 Å². The van der Waals surface area contributed by atoms with Crippen molar-refractivity contribution in [2.75, 3.05) is 23.3 Å². The van der Waals surface area contributed by atoms with Crippen molar-refractivity contribution in [3.63, 3.8) is 0 Å². The number of hydrogen-bond donors (Lipinski definition) is 2. The van der Waals surface area contributed by atoms with E-state index in [0.717, 1.165) is 27.3 Å². The first-order valence-electron chi connectivity index (χ1n) is 11.5. The fourth-order valence-corrected chi connectivity index (χ4v) is 5.31. The molecule has 9 nitrogen and oxygen atoms in total. The summed E-state index contributed by atoms with van der Waals surface area (Å²) in [5.74, 6) is -1.01. The third-order valence-electron chi connectivity index (χ3n) is 7.00. The Morgan fingerprint density at radius 3 is 2.74 bits per heavy atom. The maximum atomic E-state index is 13.3. The molecule has 1 saturated heterocycles. The first-order valence-corrected chi connectivity index (χ1v) is 11.5. The molecule has 0 saturated carbocycles. The molecule has 3 aliphatic rings. The number of hydrogen-bond acceptors (Lipinski definition) is 5. The molecule has 1 aliphatic carbocycles. The van der Waals surface area contributed by atoms with Gasteiger partial charge in [-0.25, -0.2) is 4.79 Å². The predicted octanol–water partition coefficient (Wildman–Crippen LogP) is 2.81. The zero-order chi connectivity index (χ0) is 24.2. The number of furan rings is 1. The Hall–Kier alpha value is -4.40.